The van der Waals surface area contributed by atoms with Gasteiger partial charge in [0.25, 0.3) is 11.6 Å². The number of carbonyl (C=O) groups is 2. The van der Waals surface area contributed by atoms with Crippen LogP contribution in [-0.4, -0.2) is 42.3 Å². The average Bonchev–Trinajstić information content (AvgIpc) is 2.57. The number of amides is 2. The molecule has 8 N–H and O–H groups in total. The summed E-state index contributed by atoms with van der Waals surface area (Å²) in [7, 11) is 1.35. The van der Waals surface area contributed by atoms with E-state index in [0.29, 0.717) is 19.4 Å². The Balaban J connectivity index is 0. The van der Waals surface area contributed by atoms with Crippen LogP contribution in [0.2, 0.25) is 0 Å². The van der Waals surface area contributed by atoms with E-state index in [1.54, 1.807) is 0 Å². The molecule has 0 aliphatic heterocycles. The molecule has 0 fully saturated rings. The first-order valence-corrected chi connectivity index (χ1v) is 7.38. The number of hydrogen-bond acceptors (Lipinski definition) is 6. The highest BCUT2D eigenvalue weighted by Gasteiger charge is 2.21. The van der Waals surface area contributed by atoms with E-state index in [2.05, 4.69) is 15.6 Å². The summed E-state index contributed by atoms with van der Waals surface area (Å²) in [6.07, 6.45) is 0.855. The van der Waals surface area contributed by atoms with Crippen LogP contribution in [0.3, 0.4) is 0 Å². The molecule has 0 radical (unpaired) electrons. The molecular weight excluding hydrogens is 401 g/mol. The van der Waals surface area contributed by atoms with E-state index in [-0.39, 0.29) is 47.7 Å². The van der Waals surface area contributed by atoms with Crippen molar-refractivity contribution in [3.63, 3.8) is 0 Å². The minimum Gasteiger partial charge on any atom is -0.370 e. The van der Waals surface area contributed by atoms with E-state index in [1.807, 2.05) is 0 Å². The number of benzene rings is 1. The summed E-state index contributed by atoms with van der Waals surface area (Å²) < 4.78 is 0. The summed E-state index contributed by atoms with van der Waals surface area (Å²) in [5, 5.41) is 15.8. The van der Waals surface area contributed by atoms with Crippen molar-refractivity contribution in [3.8, 4) is 0 Å². The van der Waals surface area contributed by atoms with Crippen LogP contribution in [0.1, 0.15) is 23.2 Å². The van der Waals surface area contributed by atoms with E-state index in [9.17, 15) is 19.7 Å². The van der Waals surface area contributed by atoms with E-state index < -0.39 is 22.8 Å². The van der Waals surface area contributed by atoms with E-state index in [0.717, 1.165) is 6.07 Å². The lowest BCUT2D eigenvalue weighted by Gasteiger charge is -2.12. The zero-order valence-corrected chi connectivity index (χ0v) is 16.1. The van der Waals surface area contributed by atoms with Gasteiger partial charge >= 0.3 is 0 Å². The molecule has 0 aliphatic rings. The fraction of sp³-hybridized carbons (Fsp3) is 0.357. The Labute approximate surface area is 168 Å². The Morgan fingerprint density at radius 2 is 1.93 bits per heavy atom. The number of carbonyl (C=O) groups excluding carboxylic acids is 2. The summed E-state index contributed by atoms with van der Waals surface area (Å²) in [5.74, 6) is -1.16. The first kappa shape index (κ1) is 26.6. The van der Waals surface area contributed by atoms with Gasteiger partial charge in [0.05, 0.1) is 11.0 Å². The summed E-state index contributed by atoms with van der Waals surface area (Å²) >= 11 is 0. The molecule has 2 amide bonds. The van der Waals surface area contributed by atoms with Gasteiger partial charge in [-0.05, 0) is 25.0 Å². The summed E-state index contributed by atoms with van der Waals surface area (Å²) in [6.45, 7) is 0.349. The number of aliphatic imine (C=N–C) groups is 1. The van der Waals surface area contributed by atoms with E-state index in [4.69, 9.17) is 17.2 Å². The van der Waals surface area contributed by atoms with Gasteiger partial charge in [0.15, 0.2) is 5.96 Å². The number of nitrogens with zero attached hydrogens (tertiary/aromatic N) is 2. The molecule has 1 aromatic carbocycles. The number of halogens is 2. The van der Waals surface area contributed by atoms with Crippen molar-refractivity contribution in [1.82, 2.24) is 5.32 Å². The van der Waals surface area contributed by atoms with Gasteiger partial charge in [-0.1, -0.05) is 0 Å². The maximum Gasteiger partial charge on any atom is 0.282 e. The van der Waals surface area contributed by atoms with Crippen LogP contribution in [0, 0.1) is 10.1 Å². The summed E-state index contributed by atoms with van der Waals surface area (Å²) in [5.41, 5.74) is 15.9. The predicted octanol–water partition coefficient (Wildman–Crippen LogP) is 0.117. The highest BCUT2D eigenvalue weighted by atomic mass is 35.5. The second-order valence-electron chi connectivity index (χ2n) is 5.11. The molecule has 0 heterocycles. The van der Waals surface area contributed by atoms with Gasteiger partial charge in [-0.2, -0.15) is 0 Å². The lowest BCUT2D eigenvalue weighted by Crippen LogP contribution is -2.35. The molecule has 0 aliphatic carbocycles. The highest BCUT2D eigenvalue weighted by molar-refractivity contribution is 6.01. The fourth-order valence-electron chi connectivity index (χ4n) is 1.97. The van der Waals surface area contributed by atoms with Crippen molar-refractivity contribution in [1.29, 1.82) is 0 Å². The monoisotopic (exact) mass is 423 g/mol. The minimum absolute atomic E-state index is 0. The Kier molecular flexibility index (Phi) is 12.5. The van der Waals surface area contributed by atoms with Gasteiger partial charge in [-0.3, -0.25) is 24.7 Å². The Morgan fingerprint density at radius 1 is 1.30 bits per heavy atom. The molecule has 1 atom stereocenters. The lowest BCUT2D eigenvalue weighted by atomic mass is 10.1. The second-order valence-corrected chi connectivity index (χ2v) is 5.11. The van der Waals surface area contributed by atoms with Crippen molar-refractivity contribution in [2.75, 3.05) is 18.9 Å². The fourth-order valence-corrected chi connectivity index (χ4v) is 1.97. The van der Waals surface area contributed by atoms with Crippen LogP contribution >= 0.6 is 24.8 Å². The first-order valence-electron chi connectivity index (χ1n) is 7.38. The van der Waals surface area contributed by atoms with Gasteiger partial charge in [0, 0.05) is 25.3 Å². The number of nitrogens with two attached hydrogens (primary N) is 3. The smallest absolute Gasteiger partial charge is 0.282 e. The SMILES string of the molecule is CNC(=O)c1cc(NC(=O)[C@@H](N)CCCN=C(N)N)ccc1[N+](=O)[O-].Cl.Cl. The molecule has 13 heteroatoms. The molecule has 0 spiro atoms. The van der Waals surface area contributed by atoms with Crippen LogP contribution in [-0.2, 0) is 4.79 Å². The highest BCUT2D eigenvalue weighted by Crippen LogP contribution is 2.22. The Hall–Kier alpha value is -2.63. The van der Waals surface area contributed by atoms with Crippen LogP contribution in [0.25, 0.3) is 0 Å². The zero-order valence-electron chi connectivity index (χ0n) is 14.5. The molecule has 0 unspecified atom stereocenters. The molecule has 0 saturated carbocycles. The van der Waals surface area contributed by atoms with Crippen LogP contribution in [0.15, 0.2) is 23.2 Å². The maximum atomic E-state index is 12.1. The topological polar surface area (TPSA) is 192 Å². The van der Waals surface area contributed by atoms with Gasteiger partial charge in [0.1, 0.15) is 5.56 Å². The van der Waals surface area contributed by atoms with E-state index >= 15 is 0 Å². The third kappa shape index (κ3) is 8.53. The number of hydrogen-bond donors (Lipinski definition) is 5. The minimum atomic E-state index is -0.812. The normalized spacial score (nSPS) is 10.4. The molecular formula is C14H23Cl2N7O4. The molecule has 0 bridgehead atoms. The van der Waals surface area contributed by atoms with Crippen molar-refractivity contribution < 1.29 is 14.5 Å². The Bertz CT molecular complexity index is 696. The molecule has 152 valence electrons. The number of guanidine groups is 1. The quantitative estimate of drug-likeness (QED) is 0.129. The van der Waals surface area contributed by atoms with Crippen LogP contribution in [0.4, 0.5) is 11.4 Å². The van der Waals surface area contributed by atoms with Crippen molar-refractivity contribution in [2.24, 2.45) is 22.2 Å². The predicted molar refractivity (Wildman–Crippen MR) is 107 cm³/mol. The molecule has 11 nitrogen and oxygen atoms in total. The Morgan fingerprint density at radius 3 is 2.44 bits per heavy atom. The summed E-state index contributed by atoms with van der Waals surface area (Å²) in [4.78, 5) is 37.9. The summed E-state index contributed by atoms with van der Waals surface area (Å²) in [6, 6.07) is 2.88. The number of nitro benzene ring substituents is 1. The van der Waals surface area contributed by atoms with Gasteiger partial charge in [0.2, 0.25) is 5.91 Å². The number of nitrogens with one attached hydrogen (secondary N) is 2. The van der Waals surface area contributed by atoms with Gasteiger partial charge in [-0.25, -0.2) is 0 Å². The van der Waals surface area contributed by atoms with Crippen molar-refractivity contribution in [3.05, 3.63) is 33.9 Å². The molecule has 0 aromatic heterocycles. The average molecular weight is 424 g/mol. The lowest BCUT2D eigenvalue weighted by molar-refractivity contribution is -0.385. The molecule has 27 heavy (non-hydrogen) atoms. The maximum absolute atomic E-state index is 12.1. The molecule has 1 aromatic rings. The van der Waals surface area contributed by atoms with Crippen LogP contribution < -0.4 is 27.8 Å². The van der Waals surface area contributed by atoms with Crippen molar-refractivity contribution >= 4 is 54.0 Å². The first-order chi connectivity index (χ1) is 11.8. The van der Waals surface area contributed by atoms with Gasteiger partial charge in [-0.15, -0.1) is 24.8 Å². The standard InChI is InChI=1S/C14H21N7O4.2ClH/c1-18-12(22)9-7-8(4-5-11(9)21(24)25)20-13(23)10(15)3-2-6-19-14(16)17;;/h4-5,7,10H,2-3,6,15H2,1H3,(H,18,22)(H,20,23)(H4,16,17,19);2*1H/t10-;;/m0../s1. The molecule has 0 saturated heterocycles. The third-order valence-electron chi connectivity index (χ3n) is 3.24. The second kappa shape index (κ2) is 12.7. The number of anilines is 1. The molecule has 1 rings (SSSR count). The zero-order chi connectivity index (χ0) is 19.0. The third-order valence-corrected chi connectivity index (χ3v) is 3.24. The van der Waals surface area contributed by atoms with E-state index in [1.165, 1.54) is 19.2 Å². The van der Waals surface area contributed by atoms with Gasteiger partial charge < -0.3 is 27.8 Å². The number of rotatable bonds is 8. The van der Waals surface area contributed by atoms with Crippen molar-refractivity contribution in [2.45, 2.75) is 18.9 Å². The van der Waals surface area contributed by atoms with Crippen LogP contribution in [0.5, 0.6) is 0 Å². The largest absolute Gasteiger partial charge is 0.370 e. The number of nitro groups is 1.